The van der Waals surface area contributed by atoms with Gasteiger partial charge in [-0.2, -0.15) is 13.2 Å². The van der Waals surface area contributed by atoms with Crippen LogP contribution >= 0.6 is 0 Å². The number of nitrogens with zero attached hydrogens (tertiary/aromatic N) is 1. The molecule has 10 nitrogen and oxygen atoms in total. The Morgan fingerprint density at radius 2 is 1.59 bits per heavy atom. The van der Waals surface area contributed by atoms with Crippen LogP contribution in [0.2, 0.25) is 0 Å². The number of nitrogens with two attached hydrogens (primary N) is 1. The molecular formula is C28H46F3N5O5. The molecule has 0 bridgehead atoms. The van der Waals surface area contributed by atoms with E-state index in [2.05, 4.69) is 10.6 Å². The molecule has 2 unspecified atom stereocenters. The summed E-state index contributed by atoms with van der Waals surface area (Å²) < 4.78 is 40.1. The maximum atomic E-state index is 14.0. The minimum atomic E-state index is -4.73. The number of likely N-dealkylation sites (tertiary alicyclic amines) is 1. The summed E-state index contributed by atoms with van der Waals surface area (Å²) in [5.74, 6) is -3.06. The lowest BCUT2D eigenvalue weighted by atomic mass is 9.80. The number of rotatable bonds is 11. The van der Waals surface area contributed by atoms with Crippen molar-refractivity contribution >= 4 is 29.5 Å². The molecule has 0 spiro atoms. The van der Waals surface area contributed by atoms with Crippen LogP contribution in [0.4, 0.5) is 18.0 Å². The summed E-state index contributed by atoms with van der Waals surface area (Å²) in [6.45, 7) is 10.8. The van der Waals surface area contributed by atoms with Gasteiger partial charge in [-0.3, -0.25) is 19.2 Å². The molecule has 0 aromatic heterocycles. The van der Waals surface area contributed by atoms with E-state index in [4.69, 9.17) is 5.73 Å². The summed E-state index contributed by atoms with van der Waals surface area (Å²) in [6.07, 6.45) is -0.662. The van der Waals surface area contributed by atoms with Crippen LogP contribution in [0.3, 0.4) is 0 Å². The first-order valence-electron chi connectivity index (χ1n) is 14.3. The largest absolute Gasteiger partial charge is 0.411 e. The highest BCUT2D eigenvalue weighted by atomic mass is 19.4. The first-order valence-corrected chi connectivity index (χ1v) is 14.3. The van der Waals surface area contributed by atoms with Crippen LogP contribution in [0.25, 0.3) is 0 Å². The van der Waals surface area contributed by atoms with Crippen molar-refractivity contribution in [3.63, 3.8) is 0 Å². The highest BCUT2D eigenvalue weighted by Crippen LogP contribution is 2.35. The number of amides is 5. The Morgan fingerprint density at radius 1 is 1.00 bits per heavy atom. The monoisotopic (exact) mass is 589 g/mol. The average molecular weight is 590 g/mol. The molecule has 13 heteroatoms. The maximum Gasteiger partial charge on any atom is 0.411 e. The second-order valence-electron chi connectivity index (χ2n) is 13.2. The third-order valence-corrected chi connectivity index (χ3v) is 8.56. The van der Waals surface area contributed by atoms with Gasteiger partial charge in [0.25, 0.3) is 5.91 Å². The van der Waals surface area contributed by atoms with Gasteiger partial charge in [0.2, 0.25) is 17.6 Å². The van der Waals surface area contributed by atoms with Gasteiger partial charge >= 0.3 is 12.2 Å². The molecule has 2 fully saturated rings. The Balaban J connectivity index is 2.34. The smallest absolute Gasteiger partial charge is 0.363 e. The van der Waals surface area contributed by atoms with Crippen molar-refractivity contribution in [2.45, 2.75) is 117 Å². The second-order valence-corrected chi connectivity index (χ2v) is 13.2. The normalized spacial score (nSPS) is 22.2. The zero-order valence-electron chi connectivity index (χ0n) is 25.1. The average Bonchev–Trinajstić information content (AvgIpc) is 3.26. The van der Waals surface area contributed by atoms with E-state index in [0.29, 0.717) is 0 Å². The Hall–Kier alpha value is -2.86. The Kier molecular flexibility index (Phi) is 10.9. The first-order chi connectivity index (χ1) is 18.7. The van der Waals surface area contributed by atoms with Gasteiger partial charge in [-0.25, -0.2) is 4.79 Å². The Morgan fingerprint density at radius 3 is 2.02 bits per heavy atom. The van der Waals surface area contributed by atoms with E-state index < -0.39 is 64.8 Å². The Labute approximate surface area is 240 Å². The van der Waals surface area contributed by atoms with E-state index in [-0.39, 0.29) is 37.1 Å². The van der Waals surface area contributed by atoms with Crippen molar-refractivity contribution < 1.29 is 37.1 Å². The zero-order chi connectivity index (χ0) is 31.5. The minimum Gasteiger partial charge on any atom is -0.363 e. The molecule has 1 aliphatic carbocycles. The van der Waals surface area contributed by atoms with Crippen molar-refractivity contribution in [1.82, 2.24) is 20.9 Å². The third kappa shape index (κ3) is 8.57. The molecule has 1 aliphatic heterocycles. The van der Waals surface area contributed by atoms with Crippen LogP contribution in [0.15, 0.2) is 0 Å². The van der Waals surface area contributed by atoms with E-state index in [1.54, 1.807) is 20.8 Å². The van der Waals surface area contributed by atoms with Crippen LogP contribution in [-0.2, 0) is 19.2 Å². The van der Waals surface area contributed by atoms with E-state index in [0.717, 1.165) is 39.5 Å². The van der Waals surface area contributed by atoms with Gasteiger partial charge in [-0.15, -0.1) is 0 Å². The molecule has 2 aliphatic rings. The SMILES string of the molecule is CCC(C)[C@@H]1C[C@@H](C(=O)NC(CC2CCC2)C(=O)C(N)=O)N(C(=O)[C@@H](NC(=O)NC(C)(C)C(F)(F)F)C(C)(C)C)C1. The summed E-state index contributed by atoms with van der Waals surface area (Å²) in [4.78, 5) is 65.8. The van der Waals surface area contributed by atoms with Gasteiger partial charge in [0.1, 0.15) is 17.6 Å². The van der Waals surface area contributed by atoms with Crippen molar-refractivity contribution in [2.75, 3.05) is 6.54 Å². The van der Waals surface area contributed by atoms with Crippen LogP contribution in [-0.4, -0.2) is 70.8 Å². The topological polar surface area (TPSA) is 151 Å². The van der Waals surface area contributed by atoms with Crippen molar-refractivity contribution in [1.29, 1.82) is 0 Å². The first kappa shape index (κ1) is 34.3. The molecule has 0 aromatic carbocycles. The lowest BCUT2D eigenvalue weighted by Gasteiger charge is -2.37. The summed E-state index contributed by atoms with van der Waals surface area (Å²) in [5.41, 5.74) is 1.76. The molecule has 41 heavy (non-hydrogen) atoms. The molecule has 1 heterocycles. The fourth-order valence-electron chi connectivity index (χ4n) is 5.18. The maximum absolute atomic E-state index is 14.0. The number of urea groups is 1. The quantitative estimate of drug-likeness (QED) is 0.273. The van der Waals surface area contributed by atoms with Gasteiger partial charge < -0.3 is 26.6 Å². The predicted molar refractivity (Wildman–Crippen MR) is 146 cm³/mol. The molecule has 5 amide bonds. The number of hydrogen-bond donors (Lipinski definition) is 4. The van der Waals surface area contributed by atoms with Crippen LogP contribution in [0, 0.1) is 23.2 Å². The molecule has 0 radical (unpaired) electrons. The standard InChI is InChI=1S/C28H46F3N5O5/c1-8-15(2)17-13-19(23(39)33-18(20(37)22(32)38)12-16-10-9-11-16)36(14-17)24(40)21(26(3,4)5)34-25(41)35-27(6,7)28(29,30)31/h15-19,21H,8-14H2,1-7H3,(H2,32,38)(H,33,39)(H2,34,35,41)/t15?,17-,18?,19+,21-/m1/s1. The summed E-state index contributed by atoms with van der Waals surface area (Å²) >= 11 is 0. The van der Waals surface area contributed by atoms with Crippen molar-refractivity contribution in [3.05, 3.63) is 0 Å². The van der Waals surface area contributed by atoms with Gasteiger partial charge in [0, 0.05) is 6.54 Å². The molecule has 2 rings (SSSR count). The van der Waals surface area contributed by atoms with Gasteiger partial charge in [-0.1, -0.05) is 60.3 Å². The summed E-state index contributed by atoms with van der Waals surface area (Å²) in [6, 6.07) is -4.56. The molecule has 1 saturated heterocycles. The molecular weight excluding hydrogens is 543 g/mol. The molecule has 5 atom stereocenters. The minimum absolute atomic E-state index is 0.0739. The predicted octanol–water partition coefficient (Wildman–Crippen LogP) is 3.03. The number of alkyl halides is 3. The number of nitrogens with one attached hydrogen (secondary N) is 3. The third-order valence-electron chi connectivity index (χ3n) is 8.56. The summed E-state index contributed by atoms with van der Waals surface area (Å²) in [5, 5.41) is 6.95. The number of halogens is 3. The number of primary amides is 1. The highest BCUT2D eigenvalue weighted by molar-refractivity contribution is 6.37. The van der Waals surface area contributed by atoms with Crippen molar-refractivity contribution in [3.8, 4) is 0 Å². The van der Waals surface area contributed by atoms with E-state index >= 15 is 0 Å². The van der Waals surface area contributed by atoms with Crippen LogP contribution in [0.1, 0.15) is 87.0 Å². The molecule has 234 valence electrons. The van der Waals surface area contributed by atoms with Gasteiger partial charge in [0.15, 0.2) is 0 Å². The molecule has 1 saturated carbocycles. The number of Topliss-reactive ketones (excluding diaryl/α,β-unsaturated/α-hetero) is 1. The lowest BCUT2D eigenvalue weighted by Crippen LogP contribution is -2.63. The van der Waals surface area contributed by atoms with E-state index in [1.165, 1.54) is 4.90 Å². The van der Waals surface area contributed by atoms with Gasteiger partial charge in [0.05, 0.1) is 6.04 Å². The summed E-state index contributed by atoms with van der Waals surface area (Å²) in [7, 11) is 0. The number of hydrogen-bond acceptors (Lipinski definition) is 5. The van der Waals surface area contributed by atoms with Crippen molar-refractivity contribution in [2.24, 2.45) is 28.9 Å². The molecule has 0 aromatic rings. The van der Waals surface area contributed by atoms with Crippen LogP contribution < -0.4 is 21.7 Å². The van der Waals surface area contributed by atoms with Crippen LogP contribution in [0.5, 0.6) is 0 Å². The number of carbonyl (C=O) groups is 5. The zero-order valence-corrected chi connectivity index (χ0v) is 25.1. The molecule has 5 N–H and O–H groups in total. The number of ketones is 1. The van der Waals surface area contributed by atoms with Gasteiger partial charge in [-0.05, 0) is 49.9 Å². The lowest BCUT2D eigenvalue weighted by molar-refractivity contribution is -0.182. The Bertz CT molecular complexity index is 1010. The fraction of sp³-hybridized carbons (Fsp3) is 0.821. The van der Waals surface area contributed by atoms with E-state index in [9.17, 15) is 37.1 Å². The number of carbonyl (C=O) groups excluding carboxylic acids is 5. The highest BCUT2D eigenvalue weighted by Gasteiger charge is 2.50. The van der Waals surface area contributed by atoms with E-state index in [1.807, 2.05) is 19.2 Å². The second kappa shape index (κ2) is 13.0. The fourth-order valence-corrected chi connectivity index (χ4v) is 5.18.